The molecule has 1 aromatic carbocycles. The van der Waals surface area contributed by atoms with Crippen LogP contribution in [0.1, 0.15) is 35.2 Å². The molecule has 7 heteroatoms. The van der Waals surface area contributed by atoms with Crippen LogP contribution in [0.5, 0.6) is 11.5 Å². The summed E-state index contributed by atoms with van der Waals surface area (Å²) in [5, 5.41) is 5.80. The zero-order chi connectivity index (χ0) is 17.1. The summed E-state index contributed by atoms with van der Waals surface area (Å²) < 4.78 is 13.7. The molecule has 0 spiro atoms. The lowest BCUT2D eigenvalue weighted by atomic mass is 9.97. The minimum atomic E-state index is -0.311. The van der Waals surface area contributed by atoms with Gasteiger partial charge in [-0.15, -0.1) is 16.4 Å². The summed E-state index contributed by atoms with van der Waals surface area (Å²) in [5.41, 5.74) is 2.30. The summed E-state index contributed by atoms with van der Waals surface area (Å²) in [5.74, 6) is 2.15. The van der Waals surface area contributed by atoms with Crippen LogP contribution in [0.2, 0.25) is 0 Å². The van der Waals surface area contributed by atoms with Gasteiger partial charge >= 0.3 is 0 Å². The van der Waals surface area contributed by atoms with E-state index in [-0.39, 0.29) is 6.10 Å². The van der Waals surface area contributed by atoms with Crippen LogP contribution in [0.15, 0.2) is 30.6 Å². The molecule has 0 saturated carbocycles. The highest BCUT2D eigenvalue weighted by atomic mass is 32.1. The molecule has 0 unspecified atom stereocenters. The number of thiophene rings is 1. The predicted molar refractivity (Wildman–Crippen MR) is 98.1 cm³/mol. The van der Waals surface area contributed by atoms with Crippen molar-refractivity contribution in [2.75, 3.05) is 6.61 Å². The fraction of sp³-hybridized carbons (Fsp3) is 0.316. The fourth-order valence-electron chi connectivity index (χ4n) is 3.85. The number of hydrogen-bond acceptors (Lipinski definition) is 6. The Morgan fingerprint density at radius 3 is 2.96 bits per heavy atom. The van der Waals surface area contributed by atoms with E-state index in [0.717, 1.165) is 34.8 Å². The number of aryl methyl sites for hydroxylation is 2. The Balaban J connectivity index is 1.47. The summed E-state index contributed by atoms with van der Waals surface area (Å²) in [6.45, 7) is 0.409. The molecule has 6 rings (SSSR count). The molecule has 1 aliphatic heterocycles. The molecule has 3 aromatic heterocycles. The zero-order valence-electron chi connectivity index (χ0n) is 14.0. The van der Waals surface area contributed by atoms with E-state index in [0.29, 0.717) is 12.4 Å². The molecular weight excluding hydrogens is 348 g/mol. The Morgan fingerprint density at radius 1 is 1.12 bits per heavy atom. The minimum Gasteiger partial charge on any atom is -0.485 e. The summed E-state index contributed by atoms with van der Waals surface area (Å²) in [6.07, 6.45) is 6.20. The van der Waals surface area contributed by atoms with Crippen LogP contribution in [0.3, 0.4) is 0 Å². The van der Waals surface area contributed by atoms with E-state index in [9.17, 15) is 0 Å². The first-order valence-corrected chi connectivity index (χ1v) is 9.72. The monoisotopic (exact) mass is 364 g/mol. The second-order valence-corrected chi connectivity index (χ2v) is 7.82. The summed E-state index contributed by atoms with van der Waals surface area (Å²) in [7, 11) is 0. The summed E-state index contributed by atoms with van der Waals surface area (Å²) >= 11 is 1.80. The maximum atomic E-state index is 6.07. The molecule has 0 fully saturated rings. The quantitative estimate of drug-likeness (QED) is 0.515. The number of hydrogen-bond donors (Lipinski definition) is 0. The number of nitrogens with zero attached hydrogens (tertiary/aromatic N) is 4. The van der Waals surface area contributed by atoms with Gasteiger partial charge in [0, 0.05) is 4.88 Å². The topological polar surface area (TPSA) is 61.5 Å². The van der Waals surface area contributed by atoms with Gasteiger partial charge in [-0.2, -0.15) is 0 Å². The Hall–Kier alpha value is -2.67. The fourth-order valence-corrected chi connectivity index (χ4v) is 5.08. The van der Waals surface area contributed by atoms with E-state index in [1.165, 1.54) is 28.7 Å². The van der Waals surface area contributed by atoms with E-state index in [4.69, 9.17) is 14.5 Å². The van der Waals surface area contributed by atoms with E-state index >= 15 is 0 Å². The van der Waals surface area contributed by atoms with Gasteiger partial charge in [0.2, 0.25) is 0 Å². The molecule has 1 aliphatic carbocycles. The first-order valence-electron chi connectivity index (χ1n) is 8.91. The van der Waals surface area contributed by atoms with Crippen LogP contribution >= 0.6 is 11.3 Å². The van der Waals surface area contributed by atoms with Gasteiger partial charge in [0.15, 0.2) is 29.1 Å². The third-order valence-electron chi connectivity index (χ3n) is 5.10. The van der Waals surface area contributed by atoms with Crippen LogP contribution in [0.4, 0.5) is 0 Å². The molecule has 2 aliphatic rings. The van der Waals surface area contributed by atoms with E-state index in [1.54, 1.807) is 22.2 Å². The van der Waals surface area contributed by atoms with Crippen molar-refractivity contribution in [1.82, 2.24) is 19.6 Å². The largest absolute Gasteiger partial charge is 0.485 e. The Morgan fingerprint density at radius 2 is 2.00 bits per heavy atom. The smallest absolute Gasteiger partial charge is 0.196 e. The van der Waals surface area contributed by atoms with Crippen molar-refractivity contribution in [2.24, 2.45) is 0 Å². The lowest BCUT2D eigenvalue weighted by Gasteiger charge is -2.24. The third kappa shape index (κ3) is 2.07. The van der Waals surface area contributed by atoms with Gasteiger partial charge < -0.3 is 9.47 Å². The SMILES string of the molecule is c1ccc2c(c1)OC[C@H](c1nc3c4c5c(sc4ncn3n1)CCCC5)O2. The Kier molecular flexibility index (Phi) is 3.02. The number of ether oxygens (including phenoxy) is 2. The van der Waals surface area contributed by atoms with Gasteiger partial charge in [-0.1, -0.05) is 12.1 Å². The molecular formula is C19H16N4O2S. The number of aromatic nitrogens is 4. The standard InChI is InChI=1S/C19H16N4O2S/c1-4-8-15-11(5-1)16-18-21-17(22-23(18)10-20-19(16)26-15)14-9-24-12-6-2-3-7-13(12)25-14/h2-3,6-7,10,14H,1,4-5,8-9H2/t14-/m1/s1. The summed E-state index contributed by atoms with van der Waals surface area (Å²) in [6, 6.07) is 7.70. The van der Waals surface area contributed by atoms with E-state index in [1.807, 2.05) is 24.3 Å². The lowest BCUT2D eigenvalue weighted by Crippen LogP contribution is -2.22. The molecule has 130 valence electrons. The second kappa shape index (κ2) is 5.41. The normalized spacial score (nSPS) is 19.0. The first-order chi connectivity index (χ1) is 12.9. The predicted octanol–water partition coefficient (Wildman–Crippen LogP) is 3.73. The van der Waals surface area contributed by atoms with Gasteiger partial charge in [0.1, 0.15) is 17.8 Å². The molecule has 4 aromatic rings. The molecule has 0 saturated heterocycles. The molecule has 0 radical (unpaired) electrons. The van der Waals surface area contributed by atoms with E-state index in [2.05, 4.69) is 10.1 Å². The van der Waals surface area contributed by atoms with Gasteiger partial charge in [0.05, 0.1) is 5.39 Å². The zero-order valence-corrected chi connectivity index (χ0v) is 14.8. The van der Waals surface area contributed by atoms with Crippen LogP contribution in [-0.2, 0) is 12.8 Å². The van der Waals surface area contributed by atoms with Gasteiger partial charge in [-0.3, -0.25) is 0 Å². The number of benzene rings is 1. The van der Waals surface area contributed by atoms with Crippen molar-refractivity contribution < 1.29 is 9.47 Å². The molecule has 0 bridgehead atoms. The lowest BCUT2D eigenvalue weighted by molar-refractivity contribution is 0.0852. The highest BCUT2D eigenvalue weighted by Gasteiger charge is 2.27. The number of rotatable bonds is 1. The molecule has 1 atom stereocenters. The van der Waals surface area contributed by atoms with Crippen molar-refractivity contribution in [3.05, 3.63) is 46.9 Å². The maximum absolute atomic E-state index is 6.07. The van der Waals surface area contributed by atoms with Crippen LogP contribution in [0.25, 0.3) is 15.9 Å². The van der Waals surface area contributed by atoms with Crippen molar-refractivity contribution >= 4 is 27.2 Å². The van der Waals surface area contributed by atoms with Gasteiger partial charge in [-0.25, -0.2) is 14.5 Å². The molecule has 0 N–H and O–H groups in total. The number of para-hydroxylation sites is 2. The first kappa shape index (κ1) is 14.5. The second-order valence-electron chi connectivity index (χ2n) is 6.74. The van der Waals surface area contributed by atoms with Crippen molar-refractivity contribution in [3.63, 3.8) is 0 Å². The van der Waals surface area contributed by atoms with Crippen LogP contribution in [-0.4, -0.2) is 26.2 Å². The van der Waals surface area contributed by atoms with Gasteiger partial charge in [0.25, 0.3) is 0 Å². The third-order valence-corrected chi connectivity index (χ3v) is 6.30. The maximum Gasteiger partial charge on any atom is 0.196 e. The van der Waals surface area contributed by atoms with Gasteiger partial charge in [-0.05, 0) is 43.4 Å². The molecule has 26 heavy (non-hydrogen) atoms. The van der Waals surface area contributed by atoms with Crippen LogP contribution < -0.4 is 9.47 Å². The van der Waals surface area contributed by atoms with Crippen molar-refractivity contribution in [1.29, 1.82) is 0 Å². The van der Waals surface area contributed by atoms with E-state index < -0.39 is 0 Å². The highest BCUT2D eigenvalue weighted by molar-refractivity contribution is 7.19. The van der Waals surface area contributed by atoms with Crippen molar-refractivity contribution in [3.8, 4) is 11.5 Å². The molecule has 0 amide bonds. The Labute approximate surface area is 153 Å². The molecule has 6 nitrogen and oxygen atoms in total. The average molecular weight is 364 g/mol. The molecule has 4 heterocycles. The number of fused-ring (bicyclic) bond motifs is 6. The Bertz CT molecular complexity index is 1150. The van der Waals surface area contributed by atoms with Crippen molar-refractivity contribution in [2.45, 2.75) is 31.8 Å². The minimum absolute atomic E-state index is 0.311. The van der Waals surface area contributed by atoms with Crippen LogP contribution in [0, 0.1) is 0 Å². The summed E-state index contributed by atoms with van der Waals surface area (Å²) in [4.78, 5) is 12.0. The highest BCUT2D eigenvalue weighted by Crippen LogP contribution is 2.38. The average Bonchev–Trinajstić information content (AvgIpc) is 3.28.